The largest absolute Gasteiger partial charge is 0.496 e. The van der Waals surface area contributed by atoms with Crippen LogP contribution in [0.2, 0.25) is 0 Å². The Balaban J connectivity index is 2.53. The predicted molar refractivity (Wildman–Crippen MR) is 74.1 cm³/mol. The lowest BCUT2D eigenvalue weighted by molar-refractivity contribution is 0.408. The van der Waals surface area contributed by atoms with Crippen LogP contribution in [0.15, 0.2) is 12.3 Å². The zero-order valence-corrected chi connectivity index (χ0v) is 11.7. The number of hydrogen-bond donors (Lipinski definition) is 1. The van der Waals surface area contributed by atoms with Crippen LogP contribution in [0.3, 0.4) is 0 Å². The molecule has 4 nitrogen and oxygen atoms in total. The highest BCUT2D eigenvalue weighted by atomic mass is 16.5. The summed E-state index contributed by atoms with van der Waals surface area (Å²) in [6, 6.07) is 4.18. The zero-order valence-electron chi connectivity index (χ0n) is 11.7. The van der Waals surface area contributed by atoms with Gasteiger partial charge in [-0.15, -0.1) is 0 Å². The van der Waals surface area contributed by atoms with Gasteiger partial charge in [-0.3, -0.25) is 0 Å². The summed E-state index contributed by atoms with van der Waals surface area (Å²) in [5.74, 6) is 1.63. The fourth-order valence-electron chi connectivity index (χ4n) is 2.32. The normalized spacial score (nSPS) is 10.3. The maximum atomic E-state index is 8.68. The Kier molecular flexibility index (Phi) is 3.57. The minimum Gasteiger partial charge on any atom is -0.496 e. The third kappa shape index (κ3) is 2.32. The van der Waals surface area contributed by atoms with E-state index >= 15 is 0 Å². The zero-order chi connectivity index (χ0) is 14.0. The Labute approximate surface area is 113 Å². The molecule has 1 aromatic carbocycles. The molecule has 0 aliphatic rings. The summed E-state index contributed by atoms with van der Waals surface area (Å²) in [4.78, 5) is 7.40. The summed E-state index contributed by atoms with van der Waals surface area (Å²) in [6.45, 7) is 6.15. The number of H-pyrrole nitrogens is 1. The van der Waals surface area contributed by atoms with Crippen LogP contribution in [-0.2, 0) is 6.42 Å². The molecule has 2 rings (SSSR count). The van der Waals surface area contributed by atoms with Crippen LogP contribution in [0, 0.1) is 32.1 Å². The van der Waals surface area contributed by atoms with Gasteiger partial charge in [0.1, 0.15) is 11.6 Å². The Morgan fingerprint density at radius 2 is 2.05 bits per heavy atom. The van der Waals surface area contributed by atoms with Crippen LogP contribution in [0.5, 0.6) is 5.75 Å². The van der Waals surface area contributed by atoms with Crippen molar-refractivity contribution in [3.8, 4) is 23.1 Å². The summed E-state index contributed by atoms with van der Waals surface area (Å²) < 4.78 is 5.42. The lowest BCUT2D eigenvalue weighted by atomic mass is 9.97. The number of aryl methyl sites for hydroxylation is 1. The molecule has 0 radical (unpaired) electrons. The molecule has 1 heterocycles. The van der Waals surface area contributed by atoms with Gasteiger partial charge in [-0.05, 0) is 43.5 Å². The molecule has 0 bridgehead atoms. The number of aromatic amines is 1. The lowest BCUT2D eigenvalue weighted by Crippen LogP contribution is -1.96. The van der Waals surface area contributed by atoms with Crippen molar-refractivity contribution in [3.63, 3.8) is 0 Å². The van der Waals surface area contributed by atoms with Gasteiger partial charge in [0, 0.05) is 5.56 Å². The smallest absolute Gasteiger partial charge is 0.124 e. The Morgan fingerprint density at radius 1 is 1.32 bits per heavy atom. The molecule has 0 amide bonds. The van der Waals surface area contributed by atoms with Gasteiger partial charge in [0.25, 0.3) is 0 Å². The van der Waals surface area contributed by atoms with Crippen LogP contribution >= 0.6 is 0 Å². The number of aromatic nitrogens is 2. The third-order valence-corrected chi connectivity index (χ3v) is 3.40. The average Bonchev–Trinajstić information content (AvgIpc) is 2.83. The molecule has 2 aromatic rings. The van der Waals surface area contributed by atoms with Crippen molar-refractivity contribution in [1.82, 2.24) is 9.97 Å². The number of imidazole rings is 1. The van der Waals surface area contributed by atoms with Gasteiger partial charge in [-0.25, -0.2) is 4.98 Å². The van der Waals surface area contributed by atoms with Crippen molar-refractivity contribution in [3.05, 3.63) is 34.8 Å². The van der Waals surface area contributed by atoms with E-state index in [-0.39, 0.29) is 0 Å². The molecule has 0 unspecified atom stereocenters. The molecule has 98 valence electrons. The topological polar surface area (TPSA) is 61.7 Å². The van der Waals surface area contributed by atoms with E-state index in [1.807, 2.05) is 6.92 Å². The van der Waals surface area contributed by atoms with E-state index in [1.165, 1.54) is 0 Å². The molecule has 0 saturated heterocycles. The molecular weight excluding hydrogens is 238 g/mol. The highest BCUT2D eigenvalue weighted by Crippen LogP contribution is 2.33. The maximum Gasteiger partial charge on any atom is 0.124 e. The Bertz CT molecular complexity index is 650. The van der Waals surface area contributed by atoms with Gasteiger partial charge in [0.15, 0.2) is 0 Å². The number of ether oxygens (including phenoxy) is 1. The highest BCUT2D eigenvalue weighted by molar-refractivity contribution is 5.68. The van der Waals surface area contributed by atoms with E-state index in [2.05, 4.69) is 36.0 Å². The summed E-state index contributed by atoms with van der Waals surface area (Å²) >= 11 is 0. The molecule has 0 saturated carbocycles. The standard InChI is InChI=1S/C15H17N3O/c1-9-7-12(10(2)11(3)15(9)19-4)13-8-17-14(18-13)5-6-16/h7-8H,5H2,1-4H3,(H,17,18). The first-order chi connectivity index (χ1) is 9.08. The van der Waals surface area contributed by atoms with E-state index < -0.39 is 0 Å². The molecule has 1 N–H and O–H groups in total. The molecule has 0 atom stereocenters. The van der Waals surface area contributed by atoms with E-state index in [4.69, 9.17) is 10.00 Å². The van der Waals surface area contributed by atoms with E-state index in [1.54, 1.807) is 13.3 Å². The van der Waals surface area contributed by atoms with Crippen molar-refractivity contribution in [2.75, 3.05) is 7.11 Å². The first-order valence-electron chi connectivity index (χ1n) is 6.14. The van der Waals surface area contributed by atoms with E-state index in [9.17, 15) is 0 Å². The second-order valence-electron chi connectivity index (χ2n) is 4.60. The molecule has 0 spiro atoms. The number of methoxy groups -OCH3 is 1. The van der Waals surface area contributed by atoms with Gasteiger partial charge in [0.2, 0.25) is 0 Å². The van der Waals surface area contributed by atoms with Crippen LogP contribution in [-0.4, -0.2) is 17.1 Å². The van der Waals surface area contributed by atoms with Crippen molar-refractivity contribution in [2.45, 2.75) is 27.2 Å². The van der Waals surface area contributed by atoms with Crippen LogP contribution in [0.1, 0.15) is 22.5 Å². The Hall–Kier alpha value is -2.28. The van der Waals surface area contributed by atoms with Crippen molar-refractivity contribution in [1.29, 1.82) is 5.26 Å². The summed E-state index contributed by atoms with van der Waals surface area (Å²) in [5, 5.41) is 8.68. The van der Waals surface area contributed by atoms with E-state index in [0.717, 1.165) is 33.7 Å². The second-order valence-corrected chi connectivity index (χ2v) is 4.60. The van der Waals surface area contributed by atoms with Gasteiger partial charge >= 0.3 is 0 Å². The number of benzene rings is 1. The summed E-state index contributed by atoms with van der Waals surface area (Å²) in [7, 11) is 1.69. The molecule has 0 aliphatic heterocycles. The fourth-order valence-corrected chi connectivity index (χ4v) is 2.32. The molecule has 19 heavy (non-hydrogen) atoms. The quantitative estimate of drug-likeness (QED) is 0.916. The Morgan fingerprint density at radius 3 is 2.68 bits per heavy atom. The predicted octanol–water partition coefficient (Wildman–Crippen LogP) is 3.08. The van der Waals surface area contributed by atoms with Gasteiger partial charge in [0.05, 0.1) is 31.5 Å². The number of nitrogens with zero attached hydrogens (tertiary/aromatic N) is 2. The van der Waals surface area contributed by atoms with Gasteiger partial charge in [-0.2, -0.15) is 5.26 Å². The number of nitriles is 1. The number of rotatable bonds is 3. The first kappa shape index (κ1) is 13.2. The van der Waals surface area contributed by atoms with Gasteiger partial charge < -0.3 is 9.72 Å². The van der Waals surface area contributed by atoms with Gasteiger partial charge in [-0.1, -0.05) is 0 Å². The number of nitrogens with one attached hydrogen (secondary N) is 1. The van der Waals surface area contributed by atoms with Crippen molar-refractivity contribution >= 4 is 0 Å². The van der Waals surface area contributed by atoms with Crippen LogP contribution in [0.4, 0.5) is 0 Å². The summed E-state index contributed by atoms with van der Waals surface area (Å²) in [5.41, 5.74) is 5.43. The molecule has 0 fully saturated rings. The van der Waals surface area contributed by atoms with Crippen LogP contribution in [0.25, 0.3) is 11.3 Å². The lowest BCUT2D eigenvalue weighted by Gasteiger charge is -2.14. The van der Waals surface area contributed by atoms with Crippen molar-refractivity contribution in [2.24, 2.45) is 0 Å². The highest BCUT2D eigenvalue weighted by Gasteiger charge is 2.13. The fraction of sp³-hybridized carbons (Fsp3) is 0.333. The minimum absolute atomic E-state index is 0.299. The molecular formula is C15H17N3O. The van der Waals surface area contributed by atoms with E-state index in [0.29, 0.717) is 12.2 Å². The SMILES string of the molecule is COc1c(C)cc(-c2cnc(CC#N)[nH]2)c(C)c1C. The van der Waals surface area contributed by atoms with Crippen molar-refractivity contribution < 1.29 is 4.74 Å². The molecule has 1 aromatic heterocycles. The monoisotopic (exact) mass is 255 g/mol. The van der Waals surface area contributed by atoms with Crippen LogP contribution < -0.4 is 4.74 Å². The summed E-state index contributed by atoms with van der Waals surface area (Å²) in [6.07, 6.45) is 2.08. The number of hydrogen-bond acceptors (Lipinski definition) is 3. The maximum absolute atomic E-state index is 8.68. The average molecular weight is 255 g/mol. The molecule has 0 aliphatic carbocycles. The molecule has 4 heteroatoms. The third-order valence-electron chi connectivity index (χ3n) is 3.40. The minimum atomic E-state index is 0.299. The second kappa shape index (κ2) is 5.15. The first-order valence-corrected chi connectivity index (χ1v) is 6.14.